The molecule has 0 saturated carbocycles. The first-order valence-corrected chi connectivity index (χ1v) is 6.22. The van der Waals surface area contributed by atoms with Crippen molar-refractivity contribution in [1.82, 2.24) is 19.6 Å². The van der Waals surface area contributed by atoms with Crippen molar-refractivity contribution in [2.75, 3.05) is 0 Å². The van der Waals surface area contributed by atoms with E-state index in [1.165, 1.54) is 29.0 Å². The maximum atomic E-state index is 13.9. The number of benzene rings is 1. The topological polar surface area (TPSA) is 43.1 Å². The minimum absolute atomic E-state index is 0.0116. The number of hydrogen-bond acceptors (Lipinski definition) is 3. The quantitative estimate of drug-likeness (QED) is 0.639. The average molecular weight is 318 g/mol. The predicted octanol–water partition coefficient (Wildman–Crippen LogP) is 3.89. The number of hydrogen-bond donors (Lipinski definition) is 0. The van der Waals surface area contributed by atoms with Gasteiger partial charge in [-0.2, -0.15) is 19.6 Å². The predicted molar refractivity (Wildman–Crippen MR) is 71.2 cm³/mol. The standard InChI is InChI=1S/C11H4Cl3FN4/c12-5-2-1-3-6(15)7(5)8-9(13)18-11-16-4-17-19(11)10(8)14/h1-4H. The molecular formula is C11H4Cl3FN4. The SMILES string of the molecule is Fc1cccc(Cl)c1-c1c(Cl)nc2ncnn2c1Cl. The lowest BCUT2D eigenvalue weighted by Crippen LogP contribution is -1.99. The van der Waals surface area contributed by atoms with E-state index in [-0.39, 0.29) is 32.2 Å². The van der Waals surface area contributed by atoms with E-state index in [0.29, 0.717) is 0 Å². The summed E-state index contributed by atoms with van der Waals surface area (Å²) < 4.78 is 15.2. The molecule has 0 spiro atoms. The summed E-state index contributed by atoms with van der Waals surface area (Å²) in [5.41, 5.74) is 0.272. The Balaban J connectivity index is 2.42. The number of nitrogens with zero attached hydrogens (tertiary/aromatic N) is 4. The molecule has 0 amide bonds. The van der Waals surface area contributed by atoms with Gasteiger partial charge in [-0.3, -0.25) is 0 Å². The fourth-order valence-corrected chi connectivity index (χ4v) is 2.60. The molecule has 0 unspecified atom stereocenters. The van der Waals surface area contributed by atoms with Crippen molar-refractivity contribution < 1.29 is 4.39 Å². The van der Waals surface area contributed by atoms with Crippen LogP contribution in [0.1, 0.15) is 0 Å². The molecule has 19 heavy (non-hydrogen) atoms. The van der Waals surface area contributed by atoms with Gasteiger partial charge in [0.2, 0.25) is 0 Å². The Bertz CT molecular complexity index is 767. The summed E-state index contributed by atoms with van der Waals surface area (Å²) >= 11 is 18.2. The van der Waals surface area contributed by atoms with Gasteiger partial charge in [0.05, 0.1) is 10.6 Å². The fraction of sp³-hybridized carbons (Fsp3) is 0. The molecule has 0 atom stereocenters. The van der Waals surface area contributed by atoms with Gasteiger partial charge >= 0.3 is 0 Å². The van der Waals surface area contributed by atoms with Crippen LogP contribution < -0.4 is 0 Å². The van der Waals surface area contributed by atoms with E-state index in [1.807, 2.05) is 0 Å². The number of aromatic nitrogens is 4. The molecule has 96 valence electrons. The molecule has 0 N–H and O–H groups in total. The number of halogens is 4. The first kappa shape index (κ1) is 12.6. The van der Waals surface area contributed by atoms with E-state index in [1.54, 1.807) is 0 Å². The van der Waals surface area contributed by atoms with Gasteiger partial charge in [0.15, 0.2) is 0 Å². The highest BCUT2D eigenvalue weighted by Crippen LogP contribution is 2.38. The highest BCUT2D eigenvalue weighted by atomic mass is 35.5. The summed E-state index contributed by atoms with van der Waals surface area (Å²) in [6.45, 7) is 0. The summed E-state index contributed by atoms with van der Waals surface area (Å²) in [5, 5.41) is 4.19. The average Bonchev–Trinajstić information content (AvgIpc) is 2.81. The zero-order chi connectivity index (χ0) is 13.6. The summed E-state index contributed by atoms with van der Waals surface area (Å²) in [4.78, 5) is 7.87. The Kier molecular flexibility index (Phi) is 3.05. The third-order valence-corrected chi connectivity index (χ3v) is 3.48. The lowest BCUT2D eigenvalue weighted by atomic mass is 10.1. The number of rotatable bonds is 1. The zero-order valence-corrected chi connectivity index (χ0v) is 11.4. The minimum atomic E-state index is -0.544. The first-order valence-electron chi connectivity index (χ1n) is 5.08. The third kappa shape index (κ3) is 1.94. The molecule has 0 bridgehead atoms. The van der Waals surface area contributed by atoms with E-state index in [9.17, 15) is 4.39 Å². The lowest BCUT2D eigenvalue weighted by Gasteiger charge is -2.10. The van der Waals surface area contributed by atoms with Crippen molar-refractivity contribution in [3.8, 4) is 11.1 Å². The van der Waals surface area contributed by atoms with Gasteiger partial charge in [0.25, 0.3) is 5.78 Å². The van der Waals surface area contributed by atoms with Crippen LogP contribution in [0.2, 0.25) is 15.3 Å². The summed E-state index contributed by atoms with van der Waals surface area (Å²) in [5.74, 6) is -0.316. The van der Waals surface area contributed by atoms with E-state index in [2.05, 4.69) is 15.1 Å². The van der Waals surface area contributed by atoms with Gasteiger partial charge in [-0.25, -0.2) is 4.39 Å². The molecule has 2 heterocycles. The van der Waals surface area contributed by atoms with Crippen LogP contribution in [-0.4, -0.2) is 19.6 Å². The maximum Gasteiger partial charge on any atom is 0.255 e. The van der Waals surface area contributed by atoms with Crippen LogP contribution in [0.5, 0.6) is 0 Å². The van der Waals surface area contributed by atoms with Crippen LogP contribution in [0.4, 0.5) is 4.39 Å². The van der Waals surface area contributed by atoms with Crippen LogP contribution in [0.3, 0.4) is 0 Å². The number of fused-ring (bicyclic) bond motifs is 1. The molecule has 0 saturated heterocycles. The smallest absolute Gasteiger partial charge is 0.206 e. The Labute approximate surface area is 121 Å². The zero-order valence-electron chi connectivity index (χ0n) is 9.11. The van der Waals surface area contributed by atoms with E-state index >= 15 is 0 Å². The normalized spacial score (nSPS) is 11.2. The first-order chi connectivity index (χ1) is 9.09. The highest BCUT2D eigenvalue weighted by Gasteiger charge is 2.20. The monoisotopic (exact) mass is 316 g/mol. The highest BCUT2D eigenvalue weighted by molar-refractivity contribution is 6.40. The molecule has 0 aliphatic heterocycles. The van der Waals surface area contributed by atoms with Crippen molar-refractivity contribution in [3.05, 3.63) is 45.7 Å². The molecule has 0 aliphatic carbocycles. The fourth-order valence-electron chi connectivity index (χ4n) is 1.73. The van der Waals surface area contributed by atoms with E-state index < -0.39 is 5.82 Å². The van der Waals surface area contributed by atoms with Crippen molar-refractivity contribution in [1.29, 1.82) is 0 Å². The van der Waals surface area contributed by atoms with Gasteiger partial charge in [-0.1, -0.05) is 40.9 Å². The molecule has 0 aliphatic rings. The van der Waals surface area contributed by atoms with Crippen LogP contribution >= 0.6 is 34.8 Å². The molecule has 1 aromatic carbocycles. The van der Waals surface area contributed by atoms with Crippen molar-refractivity contribution in [3.63, 3.8) is 0 Å². The largest absolute Gasteiger partial charge is 0.255 e. The summed E-state index contributed by atoms with van der Waals surface area (Å²) in [7, 11) is 0. The summed E-state index contributed by atoms with van der Waals surface area (Å²) in [6.07, 6.45) is 1.28. The van der Waals surface area contributed by atoms with Gasteiger partial charge in [0.1, 0.15) is 22.5 Å². The summed E-state index contributed by atoms with van der Waals surface area (Å²) in [6, 6.07) is 4.29. The van der Waals surface area contributed by atoms with Gasteiger partial charge < -0.3 is 0 Å². The molecule has 0 fully saturated rings. The third-order valence-electron chi connectivity index (χ3n) is 2.54. The van der Waals surface area contributed by atoms with Crippen LogP contribution in [0, 0.1) is 5.82 Å². The van der Waals surface area contributed by atoms with Gasteiger partial charge in [-0.05, 0) is 12.1 Å². The molecule has 3 aromatic rings. The maximum absolute atomic E-state index is 13.9. The van der Waals surface area contributed by atoms with Crippen molar-refractivity contribution in [2.24, 2.45) is 0 Å². The molecular weight excluding hydrogens is 314 g/mol. The van der Waals surface area contributed by atoms with Crippen LogP contribution in [0.25, 0.3) is 16.9 Å². The Hall–Kier alpha value is -1.43. The van der Waals surface area contributed by atoms with E-state index in [0.717, 1.165) is 0 Å². The van der Waals surface area contributed by atoms with E-state index in [4.69, 9.17) is 34.8 Å². The molecule has 2 aromatic heterocycles. The van der Waals surface area contributed by atoms with Crippen LogP contribution in [0.15, 0.2) is 24.5 Å². The Morgan fingerprint density at radius 2 is 1.89 bits per heavy atom. The van der Waals surface area contributed by atoms with Crippen LogP contribution in [-0.2, 0) is 0 Å². The second kappa shape index (κ2) is 4.59. The second-order valence-corrected chi connectivity index (χ2v) is 4.76. The molecule has 8 heteroatoms. The molecule has 4 nitrogen and oxygen atoms in total. The molecule has 3 rings (SSSR count). The second-order valence-electron chi connectivity index (χ2n) is 3.64. The minimum Gasteiger partial charge on any atom is -0.206 e. The molecule has 0 radical (unpaired) electrons. The van der Waals surface area contributed by atoms with Crippen molar-refractivity contribution >= 4 is 40.6 Å². The Morgan fingerprint density at radius 1 is 1.11 bits per heavy atom. The van der Waals surface area contributed by atoms with Crippen molar-refractivity contribution in [2.45, 2.75) is 0 Å². The lowest BCUT2D eigenvalue weighted by molar-refractivity contribution is 0.631. The van der Waals surface area contributed by atoms with Gasteiger partial charge in [-0.15, -0.1) is 0 Å². The Morgan fingerprint density at radius 3 is 2.63 bits per heavy atom. The van der Waals surface area contributed by atoms with Gasteiger partial charge in [0, 0.05) is 5.56 Å².